The lowest BCUT2D eigenvalue weighted by Crippen LogP contribution is -2.45. The number of hydrogen-bond donors (Lipinski definition) is 2. The summed E-state index contributed by atoms with van der Waals surface area (Å²) in [5, 5.41) is 3.08. The van der Waals surface area contributed by atoms with Gasteiger partial charge in [0, 0.05) is 37.4 Å². The summed E-state index contributed by atoms with van der Waals surface area (Å²) in [4.78, 5) is 6.19. The van der Waals surface area contributed by atoms with E-state index in [-0.39, 0.29) is 11.4 Å². The smallest absolute Gasteiger partial charge is 0.244 e. The van der Waals surface area contributed by atoms with Crippen LogP contribution >= 0.6 is 0 Å². The van der Waals surface area contributed by atoms with Crippen molar-refractivity contribution >= 4 is 15.8 Å². The second kappa shape index (κ2) is 11.2. The number of rotatable bonds is 12. The van der Waals surface area contributed by atoms with Crippen molar-refractivity contribution in [1.82, 2.24) is 14.6 Å². The van der Waals surface area contributed by atoms with Gasteiger partial charge in [0.15, 0.2) is 0 Å². The van der Waals surface area contributed by atoms with Gasteiger partial charge in [-0.25, -0.2) is 26.9 Å². The molecule has 2 heterocycles. The Kier molecular flexibility index (Phi) is 8.57. The van der Waals surface area contributed by atoms with Crippen LogP contribution in [0.3, 0.4) is 0 Å². The molecule has 1 saturated heterocycles. The summed E-state index contributed by atoms with van der Waals surface area (Å²) >= 11 is 0. The van der Waals surface area contributed by atoms with Crippen LogP contribution in [0, 0.1) is 5.92 Å². The Bertz CT molecular complexity index is 1050. The Labute approximate surface area is 200 Å². The zero-order valence-electron chi connectivity index (χ0n) is 19.3. The second-order valence-electron chi connectivity index (χ2n) is 8.96. The number of halogens is 2. The zero-order valence-corrected chi connectivity index (χ0v) is 20.1. The quantitative estimate of drug-likeness (QED) is 0.430. The number of pyridine rings is 1. The van der Waals surface area contributed by atoms with Crippen LogP contribution in [0.1, 0.15) is 25.3 Å². The first kappa shape index (κ1) is 26.0. The van der Waals surface area contributed by atoms with Crippen LogP contribution < -0.4 is 10.0 Å². The molecular formula is C25H32F2N4O2S. The minimum atomic E-state index is -3.84. The van der Waals surface area contributed by atoms with Crippen LogP contribution in [-0.2, 0) is 16.6 Å². The van der Waals surface area contributed by atoms with Crippen molar-refractivity contribution in [2.45, 2.75) is 49.2 Å². The van der Waals surface area contributed by atoms with Crippen LogP contribution in [0.4, 0.5) is 14.6 Å². The molecule has 6 nitrogen and oxygen atoms in total. The Morgan fingerprint density at radius 2 is 1.82 bits per heavy atom. The average molecular weight is 491 g/mol. The Balaban J connectivity index is 1.69. The number of benzene rings is 1. The van der Waals surface area contributed by atoms with E-state index in [1.165, 1.54) is 18.3 Å². The van der Waals surface area contributed by atoms with Gasteiger partial charge in [-0.15, -0.1) is 13.2 Å². The number of nitrogens with one attached hydrogen (secondary N) is 2. The SMILES string of the molecule is C=CCC(C)(CC=C)NS(=O)(=O)c1ccc(N[C@@H]2CN(Cc3ccccc3)C[C@H]2C(F)F)nc1. The van der Waals surface area contributed by atoms with Gasteiger partial charge in [-0.2, -0.15) is 0 Å². The van der Waals surface area contributed by atoms with Gasteiger partial charge in [-0.3, -0.25) is 4.90 Å². The fraction of sp³-hybridized carbons (Fsp3) is 0.400. The molecule has 0 unspecified atom stereocenters. The van der Waals surface area contributed by atoms with E-state index in [2.05, 4.69) is 28.2 Å². The van der Waals surface area contributed by atoms with Crippen LogP contribution in [-0.4, -0.2) is 49.4 Å². The molecule has 0 radical (unpaired) electrons. The lowest BCUT2D eigenvalue weighted by atomic mass is 9.95. The molecule has 1 aromatic heterocycles. The van der Waals surface area contributed by atoms with Crippen molar-refractivity contribution in [2.24, 2.45) is 5.92 Å². The maximum atomic E-state index is 13.7. The van der Waals surface area contributed by atoms with Crippen molar-refractivity contribution in [3.8, 4) is 0 Å². The monoisotopic (exact) mass is 490 g/mol. The van der Waals surface area contributed by atoms with Crippen LogP contribution in [0.15, 0.2) is 78.9 Å². The van der Waals surface area contributed by atoms with Crippen LogP contribution in [0.5, 0.6) is 0 Å². The number of sulfonamides is 1. The lowest BCUT2D eigenvalue weighted by molar-refractivity contribution is 0.0765. The molecule has 0 saturated carbocycles. The van der Waals surface area contributed by atoms with E-state index in [9.17, 15) is 17.2 Å². The number of alkyl halides is 2. The normalized spacial score (nSPS) is 19.3. The summed E-state index contributed by atoms with van der Waals surface area (Å²) in [6, 6.07) is 12.2. The summed E-state index contributed by atoms with van der Waals surface area (Å²) < 4.78 is 55.9. The third kappa shape index (κ3) is 6.71. The van der Waals surface area contributed by atoms with Crippen molar-refractivity contribution < 1.29 is 17.2 Å². The molecule has 0 spiro atoms. The lowest BCUT2D eigenvalue weighted by Gasteiger charge is -2.28. The average Bonchev–Trinajstić information content (AvgIpc) is 3.17. The second-order valence-corrected chi connectivity index (χ2v) is 10.6. The van der Waals surface area contributed by atoms with Gasteiger partial charge < -0.3 is 5.32 Å². The Morgan fingerprint density at radius 1 is 1.15 bits per heavy atom. The molecule has 184 valence electrons. The van der Waals surface area contributed by atoms with Crippen molar-refractivity contribution in [3.05, 3.63) is 79.5 Å². The number of aromatic nitrogens is 1. The highest BCUT2D eigenvalue weighted by molar-refractivity contribution is 7.89. The first-order chi connectivity index (χ1) is 16.2. The van der Waals surface area contributed by atoms with Gasteiger partial charge >= 0.3 is 0 Å². The summed E-state index contributed by atoms with van der Waals surface area (Å²) in [6.45, 7) is 10.5. The molecular weight excluding hydrogens is 458 g/mol. The van der Waals surface area contributed by atoms with Crippen molar-refractivity contribution in [2.75, 3.05) is 18.4 Å². The third-order valence-electron chi connectivity index (χ3n) is 5.96. The van der Waals surface area contributed by atoms with Gasteiger partial charge in [-0.1, -0.05) is 42.5 Å². The summed E-state index contributed by atoms with van der Waals surface area (Å²) in [7, 11) is -3.84. The summed E-state index contributed by atoms with van der Waals surface area (Å²) in [6.07, 6.45) is 2.93. The van der Waals surface area contributed by atoms with E-state index in [1.54, 1.807) is 19.1 Å². The molecule has 0 bridgehead atoms. The minimum Gasteiger partial charge on any atom is -0.366 e. The molecule has 9 heteroatoms. The van der Waals surface area contributed by atoms with Crippen LogP contribution in [0.25, 0.3) is 0 Å². The van der Waals surface area contributed by atoms with Gasteiger partial charge in [0.1, 0.15) is 10.7 Å². The molecule has 1 aliphatic heterocycles. The summed E-state index contributed by atoms with van der Waals surface area (Å²) in [5.74, 6) is -0.495. The van der Waals surface area contributed by atoms with Gasteiger partial charge in [0.2, 0.25) is 16.4 Å². The number of anilines is 1. The molecule has 1 aromatic carbocycles. The highest BCUT2D eigenvalue weighted by Gasteiger charge is 2.38. The molecule has 0 aliphatic carbocycles. The fourth-order valence-electron chi connectivity index (χ4n) is 4.29. The highest BCUT2D eigenvalue weighted by Crippen LogP contribution is 2.28. The minimum absolute atomic E-state index is 0.0000601. The molecule has 1 aliphatic rings. The number of nitrogens with zero attached hydrogens (tertiary/aromatic N) is 2. The molecule has 2 N–H and O–H groups in total. The predicted octanol–water partition coefficient (Wildman–Crippen LogP) is 4.45. The maximum Gasteiger partial charge on any atom is 0.244 e. The van der Waals surface area contributed by atoms with E-state index in [0.29, 0.717) is 31.7 Å². The van der Waals surface area contributed by atoms with E-state index < -0.39 is 33.9 Å². The van der Waals surface area contributed by atoms with E-state index in [0.717, 1.165) is 5.56 Å². The molecule has 3 rings (SSSR count). The fourth-order valence-corrected chi connectivity index (χ4v) is 5.67. The standard InChI is InChI=1S/C25H32F2N4O2S/c1-4-13-25(3,14-5-2)30-34(32,33)20-11-12-23(28-15-20)29-22-18-31(17-21(22)24(26)27)16-19-9-7-6-8-10-19/h4-12,15,21-22,24,30H,1-2,13-14,16-18H2,3H3,(H,28,29)/t21-,22-/m1/s1. The van der Waals surface area contributed by atoms with Crippen LogP contribution in [0.2, 0.25) is 0 Å². The molecule has 34 heavy (non-hydrogen) atoms. The van der Waals surface area contributed by atoms with Gasteiger partial charge in [0.25, 0.3) is 0 Å². The highest BCUT2D eigenvalue weighted by atomic mass is 32.2. The molecule has 0 amide bonds. The summed E-state index contributed by atoms with van der Waals surface area (Å²) in [5.41, 5.74) is 0.312. The third-order valence-corrected chi connectivity index (χ3v) is 7.59. The van der Waals surface area contributed by atoms with E-state index >= 15 is 0 Å². The number of hydrogen-bond acceptors (Lipinski definition) is 5. The first-order valence-corrected chi connectivity index (χ1v) is 12.7. The van der Waals surface area contributed by atoms with E-state index in [4.69, 9.17) is 0 Å². The molecule has 1 fully saturated rings. The van der Waals surface area contributed by atoms with Crippen molar-refractivity contribution in [3.63, 3.8) is 0 Å². The predicted molar refractivity (Wildman–Crippen MR) is 131 cm³/mol. The largest absolute Gasteiger partial charge is 0.366 e. The van der Waals surface area contributed by atoms with Crippen molar-refractivity contribution in [1.29, 1.82) is 0 Å². The Morgan fingerprint density at radius 3 is 2.38 bits per heavy atom. The maximum absolute atomic E-state index is 13.7. The first-order valence-electron chi connectivity index (χ1n) is 11.2. The van der Waals surface area contributed by atoms with Gasteiger partial charge in [-0.05, 0) is 37.5 Å². The topological polar surface area (TPSA) is 74.3 Å². The zero-order chi connectivity index (χ0) is 24.8. The molecule has 2 atom stereocenters. The number of likely N-dealkylation sites (tertiary alicyclic amines) is 1. The van der Waals surface area contributed by atoms with Gasteiger partial charge in [0.05, 0.1) is 5.92 Å². The van der Waals surface area contributed by atoms with E-state index in [1.807, 2.05) is 35.2 Å². The molecule has 2 aromatic rings. The Hall–Kier alpha value is -2.62.